The van der Waals surface area contributed by atoms with Crippen molar-refractivity contribution in [2.45, 2.75) is 18.8 Å². The molecule has 1 aliphatic heterocycles. The van der Waals surface area contributed by atoms with Gasteiger partial charge in [-0.05, 0) is 25.0 Å². The molecule has 0 spiro atoms. The van der Waals surface area contributed by atoms with Crippen LogP contribution < -0.4 is 10.1 Å². The molecule has 3 heterocycles. The minimum atomic E-state index is -0.0917. The number of para-hydroxylation sites is 1. The Labute approximate surface area is 168 Å². The quantitative estimate of drug-likeness (QED) is 0.723. The molecule has 2 aromatic heterocycles. The molecule has 0 unspecified atom stereocenters. The van der Waals surface area contributed by atoms with E-state index < -0.39 is 0 Å². The lowest BCUT2D eigenvalue weighted by molar-refractivity contribution is 0.194. The van der Waals surface area contributed by atoms with Crippen LogP contribution in [0.15, 0.2) is 41.9 Å². The van der Waals surface area contributed by atoms with E-state index in [-0.39, 0.29) is 6.03 Å². The minimum absolute atomic E-state index is 0.0917. The Bertz CT molecular complexity index is 959. The number of urea groups is 1. The number of rotatable bonds is 4. The lowest BCUT2D eigenvalue weighted by Gasteiger charge is -2.30. The van der Waals surface area contributed by atoms with Crippen LogP contribution in [0.3, 0.4) is 0 Å². The maximum atomic E-state index is 12.4. The van der Waals surface area contributed by atoms with E-state index in [4.69, 9.17) is 9.72 Å². The number of carbonyl (C=O) groups excluding carboxylic acids is 1. The van der Waals surface area contributed by atoms with Crippen LogP contribution in [0.25, 0.3) is 11.3 Å². The first kappa shape index (κ1) is 18.5. The highest BCUT2D eigenvalue weighted by Gasteiger charge is 2.26. The number of aromatic nitrogens is 3. The zero-order valence-corrected chi connectivity index (χ0v) is 16.8. The van der Waals surface area contributed by atoms with Gasteiger partial charge in [-0.25, -0.2) is 9.78 Å². The standard InChI is InChI=1S/C20H23N5O2S/c1-24-10-9-18(23-24)22-20(26)25-11-7-14(8-12-25)19-21-16(13-28-19)15-5-3-4-6-17(15)27-2/h3-6,9-10,13-14H,7-8,11-12H2,1-2H3,(H,22,23,26). The van der Waals surface area contributed by atoms with Crippen molar-refractivity contribution in [1.29, 1.82) is 0 Å². The van der Waals surface area contributed by atoms with Gasteiger partial charge in [-0.3, -0.25) is 10.00 Å². The van der Waals surface area contributed by atoms with Crippen LogP contribution in [0, 0.1) is 0 Å². The van der Waals surface area contributed by atoms with Crippen molar-refractivity contribution in [1.82, 2.24) is 19.7 Å². The van der Waals surface area contributed by atoms with E-state index >= 15 is 0 Å². The molecular weight excluding hydrogens is 374 g/mol. The number of methoxy groups -OCH3 is 1. The SMILES string of the molecule is COc1ccccc1-c1csc(C2CCN(C(=O)Nc3ccn(C)n3)CC2)n1. The Balaban J connectivity index is 1.38. The largest absolute Gasteiger partial charge is 0.496 e. The van der Waals surface area contributed by atoms with Crippen molar-refractivity contribution in [2.75, 3.05) is 25.5 Å². The van der Waals surface area contributed by atoms with Gasteiger partial charge in [0.05, 0.1) is 17.8 Å². The summed E-state index contributed by atoms with van der Waals surface area (Å²) in [7, 11) is 3.51. The second-order valence-corrected chi connectivity index (χ2v) is 7.73. The van der Waals surface area contributed by atoms with Gasteiger partial charge in [0.15, 0.2) is 5.82 Å². The van der Waals surface area contributed by atoms with Gasteiger partial charge in [0.1, 0.15) is 5.75 Å². The Morgan fingerprint density at radius 1 is 1.25 bits per heavy atom. The molecule has 0 atom stereocenters. The maximum Gasteiger partial charge on any atom is 0.323 e. The van der Waals surface area contributed by atoms with Gasteiger partial charge >= 0.3 is 6.03 Å². The first-order chi connectivity index (χ1) is 13.6. The monoisotopic (exact) mass is 397 g/mol. The lowest BCUT2D eigenvalue weighted by atomic mass is 9.98. The summed E-state index contributed by atoms with van der Waals surface area (Å²) >= 11 is 1.69. The first-order valence-corrected chi connectivity index (χ1v) is 10.2. The number of nitrogens with one attached hydrogen (secondary N) is 1. The molecule has 3 aromatic rings. The number of likely N-dealkylation sites (tertiary alicyclic amines) is 1. The molecule has 0 radical (unpaired) electrons. The molecule has 28 heavy (non-hydrogen) atoms. The molecule has 0 saturated carbocycles. The first-order valence-electron chi connectivity index (χ1n) is 9.28. The number of hydrogen-bond donors (Lipinski definition) is 1. The van der Waals surface area contributed by atoms with Crippen LogP contribution in [-0.4, -0.2) is 45.9 Å². The Hall–Kier alpha value is -2.87. The Morgan fingerprint density at radius 3 is 2.75 bits per heavy atom. The van der Waals surface area contributed by atoms with Crippen molar-refractivity contribution in [3.63, 3.8) is 0 Å². The highest BCUT2D eigenvalue weighted by Crippen LogP contribution is 2.35. The number of carbonyl (C=O) groups is 1. The number of hydrogen-bond acceptors (Lipinski definition) is 5. The van der Waals surface area contributed by atoms with Crippen LogP contribution in [0.1, 0.15) is 23.8 Å². The van der Waals surface area contributed by atoms with Gasteiger partial charge in [-0.1, -0.05) is 12.1 Å². The van der Waals surface area contributed by atoms with E-state index in [9.17, 15) is 4.79 Å². The van der Waals surface area contributed by atoms with Crippen LogP contribution in [-0.2, 0) is 7.05 Å². The van der Waals surface area contributed by atoms with Gasteiger partial charge in [0.25, 0.3) is 0 Å². The molecule has 8 heteroatoms. The molecule has 1 aromatic carbocycles. The molecule has 146 valence electrons. The molecule has 1 fully saturated rings. The van der Waals surface area contributed by atoms with E-state index in [2.05, 4.69) is 15.8 Å². The molecule has 0 aliphatic carbocycles. The third kappa shape index (κ3) is 3.87. The number of nitrogens with zero attached hydrogens (tertiary/aromatic N) is 4. The fourth-order valence-corrected chi connectivity index (χ4v) is 4.45. The van der Waals surface area contributed by atoms with Crippen LogP contribution in [0.4, 0.5) is 10.6 Å². The van der Waals surface area contributed by atoms with Gasteiger partial charge < -0.3 is 9.64 Å². The second-order valence-electron chi connectivity index (χ2n) is 6.84. The third-order valence-electron chi connectivity index (χ3n) is 4.98. The number of benzene rings is 1. The van der Waals surface area contributed by atoms with Crippen molar-refractivity contribution in [2.24, 2.45) is 7.05 Å². The smallest absolute Gasteiger partial charge is 0.323 e. The van der Waals surface area contributed by atoms with Crippen molar-refractivity contribution in [3.8, 4) is 17.0 Å². The Morgan fingerprint density at radius 2 is 2.04 bits per heavy atom. The maximum absolute atomic E-state index is 12.4. The van der Waals surface area contributed by atoms with E-state index in [1.54, 1.807) is 29.2 Å². The number of thiazole rings is 1. The zero-order chi connectivity index (χ0) is 19.5. The van der Waals surface area contributed by atoms with Crippen LogP contribution in [0.2, 0.25) is 0 Å². The highest BCUT2D eigenvalue weighted by atomic mass is 32.1. The van der Waals surface area contributed by atoms with Gasteiger partial charge in [-0.15, -0.1) is 11.3 Å². The fraction of sp³-hybridized carbons (Fsp3) is 0.350. The van der Waals surface area contributed by atoms with E-state index in [0.717, 1.165) is 34.9 Å². The van der Waals surface area contributed by atoms with Crippen molar-refractivity contribution >= 4 is 23.2 Å². The third-order valence-corrected chi connectivity index (χ3v) is 5.99. The molecule has 1 N–H and O–H groups in total. The molecule has 7 nitrogen and oxygen atoms in total. The Kier molecular flexibility index (Phi) is 5.29. The highest BCUT2D eigenvalue weighted by molar-refractivity contribution is 7.10. The number of ether oxygens (including phenoxy) is 1. The molecule has 1 aliphatic rings. The van der Waals surface area contributed by atoms with E-state index in [0.29, 0.717) is 24.8 Å². The number of aryl methyl sites for hydroxylation is 1. The minimum Gasteiger partial charge on any atom is -0.496 e. The summed E-state index contributed by atoms with van der Waals surface area (Å²) < 4.78 is 7.12. The van der Waals surface area contributed by atoms with Gasteiger partial charge in [-0.2, -0.15) is 5.10 Å². The van der Waals surface area contributed by atoms with Gasteiger partial charge in [0.2, 0.25) is 0 Å². The summed E-state index contributed by atoms with van der Waals surface area (Å²) in [5.74, 6) is 1.80. The molecule has 0 bridgehead atoms. The summed E-state index contributed by atoms with van der Waals surface area (Å²) in [6.45, 7) is 1.43. The average Bonchev–Trinajstić information content (AvgIpc) is 3.37. The average molecular weight is 398 g/mol. The number of amides is 2. The summed E-state index contributed by atoms with van der Waals surface area (Å²) in [6, 6.07) is 9.64. The summed E-state index contributed by atoms with van der Waals surface area (Å²) in [6.07, 6.45) is 3.63. The summed E-state index contributed by atoms with van der Waals surface area (Å²) in [4.78, 5) is 19.1. The molecule has 2 amide bonds. The fourth-order valence-electron chi connectivity index (χ4n) is 3.45. The van der Waals surface area contributed by atoms with E-state index in [1.165, 1.54) is 0 Å². The molecule has 1 saturated heterocycles. The topological polar surface area (TPSA) is 72.3 Å². The van der Waals surface area contributed by atoms with Crippen molar-refractivity contribution in [3.05, 3.63) is 46.9 Å². The second kappa shape index (κ2) is 8.02. The predicted molar refractivity (Wildman–Crippen MR) is 110 cm³/mol. The van der Waals surface area contributed by atoms with Gasteiger partial charge in [0, 0.05) is 49.3 Å². The molecule has 4 rings (SSSR count). The normalized spacial score (nSPS) is 14.9. The van der Waals surface area contributed by atoms with Crippen molar-refractivity contribution < 1.29 is 9.53 Å². The number of piperidine rings is 1. The van der Waals surface area contributed by atoms with Crippen LogP contribution >= 0.6 is 11.3 Å². The summed E-state index contributed by atoms with van der Waals surface area (Å²) in [5, 5.41) is 10.3. The summed E-state index contributed by atoms with van der Waals surface area (Å²) in [5.41, 5.74) is 1.97. The zero-order valence-electron chi connectivity index (χ0n) is 16.0. The van der Waals surface area contributed by atoms with Crippen LogP contribution in [0.5, 0.6) is 5.75 Å². The lowest BCUT2D eigenvalue weighted by Crippen LogP contribution is -2.40. The predicted octanol–water partition coefficient (Wildman–Crippen LogP) is 3.96. The number of anilines is 1. The molecular formula is C20H23N5O2S. The van der Waals surface area contributed by atoms with E-state index in [1.807, 2.05) is 42.4 Å².